The highest BCUT2D eigenvalue weighted by molar-refractivity contribution is 14.1. The second-order valence-electron chi connectivity index (χ2n) is 3.34. The van der Waals surface area contributed by atoms with E-state index in [1.54, 1.807) is 12.3 Å². The van der Waals surface area contributed by atoms with Crippen molar-refractivity contribution in [1.29, 1.82) is 0 Å². The van der Waals surface area contributed by atoms with Crippen LogP contribution in [0.1, 0.15) is 10.4 Å². The van der Waals surface area contributed by atoms with Gasteiger partial charge in [-0.2, -0.15) is 0 Å². The minimum Gasteiger partial charge on any atom is -0.478 e. The molecule has 5 heteroatoms. The van der Waals surface area contributed by atoms with Crippen LogP contribution in [0.25, 0.3) is 0 Å². The zero-order valence-corrected chi connectivity index (χ0v) is 10.9. The molecule has 0 amide bonds. The van der Waals surface area contributed by atoms with E-state index in [0.717, 1.165) is 9.26 Å². The van der Waals surface area contributed by atoms with Crippen molar-refractivity contribution in [1.82, 2.24) is 4.98 Å². The lowest BCUT2D eigenvalue weighted by atomic mass is 10.2. The molecule has 1 aromatic heterocycles. The number of carboxylic acids is 1. The van der Waals surface area contributed by atoms with E-state index in [-0.39, 0.29) is 5.56 Å². The van der Waals surface area contributed by atoms with Crippen LogP contribution in [0.3, 0.4) is 0 Å². The van der Waals surface area contributed by atoms with Crippen LogP contribution in [0.2, 0.25) is 0 Å². The molecule has 0 bridgehead atoms. The Kier molecular flexibility index (Phi) is 3.58. The Morgan fingerprint density at radius 1 is 1.24 bits per heavy atom. The standard InChI is InChI=1S/C12H9IN2O2/c13-8-3-5-9(6-4-8)15-11-10(12(16)17)2-1-7-14-11/h1-7H,(H,14,15)(H,16,17). The molecule has 0 aliphatic rings. The minimum atomic E-state index is -0.994. The van der Waals surface area contributed by atoms with E-state index in [2.05, 4.69) is 32.9 Å². The Morgan fingerprint density at radius 2 is 1.94 bits per heavy atom. The molecule has 2 N–H and O–H groups in total. The van der Waals surface area contributed by atoms with Gasteiger partial charge in [-0.1, -0.05) is 0 Å². The second-order valence-corrected chi connectivity index (χ2v) is 4.58. The van der Waals surface area contributed by atoms with E-state index in [1.165, 1.54) is 6.07 Å². The van der Waals surface area contributed by atoms with Gasteiger partial charge in [0.15, 0.2) is 0 Å². The molecule has 0 unspecified atom stereocenters. The van der Waals surface area contributed by atoms with E-state index in [0.29, 0.717) is 5.82 Å². The Labute approximate surface area is 112 Å². The summed E-state index contributed by atoms with van der Waals surface area (Å²) in [5, 5.41) is 12.0. The number of aromatic carboxylic acids is 1. The van der Waals surface area contributed by atoms with Gasteiger partial charge in [0.2, 0.25) is 0 Å². The molecule has 1 aromatic carbocycles. The van der Waals surface area contributed by atoms with Crippen LogP contribution in [0.15, 0.2) is 42.6 Å². The number of benzene rings is 1. The van der Waals surface area contributed by atoms with Crippen molar-refractivity contribution < 1.29 is 9.90 Å². The third kappa shape index (κ3) is 2.94. The maximum atomic E-state index is 11.0. The van der Waals surface area contributed by atoms with Gasteiger partial charge in [0, 0.05) is 15.5 Å². The van der Waals surface area contributed by atoms with Gasteiger partial charge in [-0.15, -0.1) is 0 Å². The number of aromatic nitrogens is 1. The summed E-state index contributed by atoms with van der Waals surface area (Å²) >= 11 is 2.21. The molecular formula is C12H9IN2O2. The average Bonchev–Trinajstić information content (AvgIpc) is 2.32. The number of hydrogen-bond acceptors (Lipinski definition) is 3. The van der Waals surface area contributed by atoms with Crippen LogP contribution < -0.4 is 5.32 Å². The van der Waals surface area contributed by atoms with Crippen molar-refractivity contribution in [2.24, 2.45) is 0 Å². The van der Waals surface area contributed by atoms with E-state index >= 15 is 0 Å². The zero-order chi connectivity index (χ0) is 12.3. The fraction of sp³-hybridized carbons (Fsp3) is 0. The molecule has 86 valence electrons. The first-order chi connectivity index (χ1) is 8.16. The molecule has 0 aliphatic heterocycles. The maximum Gasteiger partial charge on any atom is 0.339 e. The van der Waals surface area contributed by atoms with Crippen LogP contribution in [-0.2, 0) is 0 Å². The van der Waals surface area contributed by atoms with Gasteiger partial charge in [0.1, 0.15) is 11.4 Å². The van der Waals surface area contributed by atoms with Crippen molar-refractivity contribution in [2.45, 2.75) is 0 Å². The van der Waals surface area contributed by atoms with E-state index < -0.39 is 5.97 Å². The number of nitrogens with one attached hydrogen (secondary N) is 1. The van der Waals surface area contributed by atoms with Crippen molar-refractivity contribution in [2.75, 3.05) is 5.32 Å². The summed E-state index contributed by atoms with van der Waals surface area (Å²) in [7, 11) is 0. The average molecular weight is 340 g/mol. The Bertz CT molecular complexity index is 540. The minimum absolute atomic E-state index is 0.158. The summed E-state index contributed by atoms with van der Waals surface area (Å²) in [6.07, 6.45) is 1.56. The third-order valence-corrected chi connectivity index (χ3v) is 2.86. The lowest BCUT2D eigenvalue weighted by molar-refractivity contribution is 0.0697. The normalized spacial score (nSPS) is 9.94. The van der Waals surface area contributed by atoms with Gasteiger partial charge in [0.05, 0.1) is 0 Å². The summed E-state index contributed by atoms with van der Waals surface area (Å²) in [4.78, 5) is 15.0. The molecule has 0 aliphatic carbocycles. The highest BCUT2D eigenvalue weighted by Gasteiger charge is 2.10. The summed E-state index contributed by atoms with van der Waals surface area (Å²) in [5.41, 5.74) is 0.970. The lowest BCUT2D eigenvalue weighted by Crippen LogP contribution is -2.04. The number of carboxylic acid groups (broad SMARTS) is 1. The van der Waals surface area contributed by atoms with Crippen molar-refractivity contribution in [3.63, 3.8) is 0 Å². The SMILES string of the molecule is O=C(O)c1cccnc1Nc1ccc(I)cc1. The Hall–Kier alpha value is -1.63. The maximum absolute atomic E-state index is 11.0. The summed E-state index contributed by atoms with van der Waals surface area (Å²) < 4.78 is 1.12. The van der Waals surface area contributed by atoms with Gasteiger partial charge >= 0.3 is 5.97 Å². The van der Waals surface area contributed by atoms with Crippen molar-refractivity contribution in [3.05, 3.63) is 51.7 Å². The van der Waals surface area contributed by atoms with E-state index in [1.807, 2.05) is 24.3 Å². The molecule has 0 radical (unpaired) electrons. The van der Waals surface area contributed by atoms with Crippen LogP contribution in [0.4, 0.5) is 11.5 Å². The highest BCUT2D eigenvalue weighted by atomic mass is 127. The number of carbonyl (C=O) groups is 1. The van der Waals surface area contributed by atoms with Crippen LogP contribution in [0.5, 0.6) is 0 Å². The van der Waals surface area contributed by atoms with Crippen molar-refractivity contribution >= 4 is 40.1 Å². The highest BCUT2D eigenvalue weighted by Crippen LogP contribution is 2.19. The number of pyridine rings is 1. The third-order valence-electron chi connectivity index (χ3n) is 2.15. The first-order valence-corrected chi connectivity index (χ1v) is 5.95. The second kappa shape index (κ2) is 5.13. The number of rotatable bonds is 3. The van der Waals surface area contributed by atoms with Crippen molar-refractivity contribution in [3.8, 4) is 0 Å². The zero-order valence-electron chi connectivity index (χ0n) is 8.72. The Balaban J connectivity index is 2.30. The molecular weight excluding hydrogens is 331 g/mol. The number of halogens is 1. The molecule has 0 atom stereocenters. The van der Waals surface area contributed by atoms with Crippen LogP contribution in [-0.4, -0.2) is 16.1 Å². The van der Waals surface area contributed by atoms with Gasteiger partial charge in [-0.3, -0.25) is 0 Å². The fourth-order valence-electron chi connectivity index (χ4n) is 1.35. The predicted molar refractivity (Wildman–Crippen MR) is 73.6 cm³/mol. The molecule has 0 spiro atoms. The number of hydrogen-bond donors (Lipinski definition) is 2. The van der Waals surface area contributed by atoms with E-state index in [9.17, 15) is 4.79 Å². The first-order valence-electron chi connectivity index (χ1n) is 4.88. The van der Waals surface area contributed by atoms with Gasteiger partial charge in [-0.25, -0.2) is 9.78 Å². The number of anilines is 2. The smallest absolute Gasteiger partial charge is 0.339 e. The molecule has 2 rings (SSSR count). The summed E-state index contributed by atoms with van der Waals surface area (Å²) in [6.45, 7) is 0. The van der Waals surface area contributed by atoms with Gasteiger partial charge < -0.3 is 10.4 Å². The van der Waals surface area contributed by atoms with Gasteiger partial charge in [-0.05, 0) is 59.0 Å². The van der Waals surface area contributed by atoms with Crippen LogP contribution >= 0.6 is 22.6 Å². The Morgan fingerprint density at radius 3 is 2.59 bits per heavy atom. The number of nitrogens with zero attached hydrogens (tertiary/aromatic N) is 1. The molecule has 0 saturated heterocycles. The van der Waals surface area contributed by atoms with Crippen LogP contribution in [0, 0.1) is 3.57 Å². The largest absolute Gasteiger partial charge is 0.478 e. The summed E-state index contributed by atoms with van der Waals surface area (Å²) in [5.74, 6) is -0.646. The first kappa shape index (κ1) is 11.8. The molecule has 0 saturated carbocycles. The predicted octanol–water partition coefficient (Wildman–Crippen LogP) is 3.13. The monoisotopic (exact) mass is 340 g/mol. The summed E-state index contributed by atoms with van der Waals surface area (Å²) in [6, 6.07) is 10.7. The lowest BCUT2D eigenvalue weighted by Gasteiger charge is -2.07. The molecule has 1 heterocycles. The molecule has 2 aromatic rings. The van der Waals surface area contributed by atoms with E-state index in [4.69, 9.17) is 5.11 Å². The molecule has 17 heavy (non-hydrogen) atoms. The quantitative estimate of drug-likeness (QED) is 0.843. The molecule has 0 fully saturated rings. The molecule has 4 nitrogen and oxygen atoms in total. The fourth-order valence-corrected chi connectivity index (χ4v) is 1.71. The van der Waals surface area contributed by atoms with Gasteiger partial charge in [0.25, 0.3) is 0 Å². The topological polar surface area (TPSA) is 62.2 Å².